The first-order valence-corrected chi connectivity index (χ1v) is 8.79. The zero-order valence-electron chi connectivity index (χ0n) is 15.2. The molecule has 2 aromatic rings. The van der Waals surface area contributed by atoms with Crippen LogP contribution in [0.4, 0.5) is 5.69 Å². The summed E-state index contributed by atoms with van der Waals surface area (Å²) in [5.74, 6) is 1.25. The van der Waals surface area contributed by atoms with Crippen molar-refractivity contribution in [3.8, 4) is 11.5 Å². The third kappa shape index (κ3) is 4.43. The van der Waals surface area contributed by atoms with Crippen LogP contribution in [0.3, 0.4) is 0 Å². The van der Waals surface area contributed by atoms with E-state index in [0.29, 0.717) is 23.7 Å². The first kappa shape index (κ1) is 18.0. The molecular weight excluding hydrogens is 328 g/mol. The lowest BCUT2D eigenvalue weighted by molar-refractivity contribution is -0.886. The van der Waals surface area contributed by atoms with E-state index in [1.54, 1.807) is 26.4 Å². The third-order valence-electron chi connectivity index (χ3n) is 4.61. The second-order valence-electron chi connectivity index (χ2n) is 6.34. The smallest absolute Gasteiger partial charge is 0.279 e. The van der Waals surface area contributed by atoms with Crippen molar-refractivity contribution in [1.82, 2.24) is 0 Å². The minimum Gasteiger partial charge on any atom is -0.493 e. The quantitative estimate of drug-likeness (QED) is 0.835. The molecule has 0 bridgehead atoms. The average molecular weight is 353 g/mol. The molecule has 1 atom stereocenters. The molecule has 0 aromatic heterocycles. The van der Waals surface area contributed by atoms with Crippen LogP contribution >= 0.6 is 0 Å². The van der Waals surface area contributed by atoms with Gasteiger partial charge in [-0.2, -0.15) is 0 Å². The van der Waals surface area contributed by atoms with Gasteiger partial charge in [-0.05, 0) is 29.3 Å². The van der Waals surface area contributed by atoms with Gasteiger partial charge in [0.1, 0.15) is 0 Å². The van der Waals surface area contributed by atoms with Crippen LogP contribution in [0.25, 0.3) is 5.57 Å². The standard InChI is InChI=1S/C21H24N2O3/c1-25-19-9-8-18(14-20(19)26-2)22-21(24)15-23-12-10-17(11-13-23)16-6-4-3-5-7-16/h3-10,14H,11-13,15H2,1-2H3,(H,22,24)/p+1. The predicted octanol–water partition coefficient (Wildman–Crippen LogP) is 2.01. The topological polar surface area (TPSA) is 52.0 Å². The summed E-state index contributed by atoms with van der Waals surface area (Å²) < 4.78 is 10.5. The predicted molar refractivity (Wildman–Crippen MR) is 103 cm³/mol. The van der Waals surface area contributed by atoms with Crippen molar-refractivity contribution in [1.29, 1.82) is 0 Å². The highest BCUT2D eigenvalue weighted by atomic mass is 16.5. The van der Waals surface area contributed by atoms with Crippen molar-refractivity contribution < 1.29 is 19.2 Å². The van der Waals surface area contributed by atoms with E-state index in [9.17, 15) is 4.79 Å². The number of amides is 1. The van der Waals surface area contributed by atoms with Gasteiger partial charge in [-0.3, -0.25) is 4.79 Å². The van der Waals surface area contributed by atoms with E-state index in [1.165, 1.54) is 16.0 Å². The fourth-order valence-electron chi connectivity index (χ4n) is 3.20. The minimum atomic E-state index is 0.00350. The number of quaternary nitrogens is 1. The Labute approximate surface area is 154 Å². The normalized spacial score (nSPS) is 16.5. The second-order valence-corrected chi connectivity index (χ2v) is 6.34. The Hall–Kier alpha value is -2.79. The van der Waals surface area contributed by atoms with Crippen LogP contribution in [-0.4, -0.2) is 39.8 Å². The number of rotatable bonds is 6. The van der Waals surface area contributed by atoms with Gasteiger partial charge in [0, 0.05) is 18.2 Å². The lowest BCUT2D eigenvalue weighted by Gasteiger charge is -2.23. The largest absolute Gasteiger partial charge is 0.493 e. The first-order chi connectivity index (χ1) is 12.7. The molecule has 5 nitrogen and oxygen atoms in total. The minimum absolute atomic E-state index is 0.00350. The maximum atomic E-state index is 12.4. The Kier molecular flexibility index (Phi) is 5.92. The molecule has 0 spiro atoms. The molecule has 1 unspecified atom stereocenters. The van der Waals surface area contributed by atoms with Crippen LogP contribution in [0, 0.1) is 0 Å². The Morgan fingerprint density at radius 3 is 2.50 bits per heavy atom. The summed E-state index contributed by atoms with van der Waals surface area (Å²) in [6, 6.07) is 15.8. The third-order valence-corrected chi connectivity index (χ3v) is 4.61. The first-order valence-electron chi connectivity index (χ1n) is 8.79. The van der Waals surface area contributed by atoms with E-state index < -0.39 is 0 Å². The highest BCUT2D eigenvalue weighted by Crippen LogP contribution is 2.29. The molecule has 1 aliphatic heterocycles. The van der Waals surface area contributed by atoms with Crippen LogP contribution < -0.4 is 19.7 Å². The Morgan fingerprint density at radius 1 is 1.08 bits per heavy atom. The van der Waals surface area contributed by atoms with Crippen molar-refractivity contribution in [2.24, 2.45) is 0 Å². The van der Waals surface area contributed by atoms with Gasteiger partial charge in [-0.1, -0.05) is 30.3 Å². The number of ether oxygens (including phenoxy) is 2. The SMILES string of the molecule is COc1ccc(NC(=O)C[NH+]2CC=C(c3ccccc3)CC2)cc1OC. The second kappa shape index (κ2) is 8.54. The summed E-state index contributed by atoms with van der Waals surface area (Å²) in [6.45, 7) is 2.27. The summed E-state index contributed by atoms with van der Waals surface area (Å²) in [5.41, 5.74) is 3.36. The molecule has 2 aromatic carbocycles. The van der Waals surface area contributed by atoms with Crippen LogP contribution in [0.15, 0.2) is 54.6 Å². The highest BCUT2D eigenvalue weighted by Gasteiger charge is 2.19. The molecule has 1 amide bonds. The lowest BCUT2D eigenvalue weighted by atomic mass is 10.00. The van der Waals surface area contributed by atoms with E-state index >= 15 is 0 Å². The zero-order valence-corrected chi connectivity index (χ0v) is 15.2. The van der Waals surface area contributed by atoms with Gasteiger partial charge >= 0.3 is 0 Å². The fourth-order valence-corrected chi connectivity index (χ4v) is 3.20. The summed E-state index contributed by atoms with van der Waals surface area (Å²) in [4.78, 5) is 13.6. The van der Waals surface area contributed by atoms with Crippen LogP contribution in [0.2, 0.25) is 0 Å². The number of benzene rings is 2. The number of hydrogen-bond donors (Lipinski definition) is 2. The van der Waals surface area contributed by atoms with Crippen molar-refractivity contribution in [2.75, 3.05) is 39.2 Å². The molecule has 1 aliphatic rings. The van der Waals surface area contributed by atoms with Crippen LogP contribution in [-0.2, 0) is 4.79 Å². The van der Waals surface area contributed by atoms with E-state index in [4.69, 9.17) is 9.47 Å². The van der Waals surface area contributed by atoms with Crippen molar-refractivity contribution in [3.05, 3.63) is 60.2 Å². The maximum absolute atomic E-state index is 12.4. The van der Waals surface area contributed by atoms with Gasteiger partial charge in [0.05, 0.1) is 27.3 Å². The number of methoxy groups -OCH3 is 2. The lowest BCUT2D eigenvalue weighted by Crippen LogP contribution is -3.13. The molecule has 5 heteroatoms. The summed E-state index contributed by atoms with van der Waals surface area (Å²) >= 11 is 0. The monoisotopic (exact) mass is 353 g/mol. The van der Waals surface area contributed by atoms with Crippen molar-refractivity contribution in [3.63, 3.8) is 0 Å². The molecule has 2 N–H and O–H groups in total. The summed E-state index contributed by atoms with van der Waals surface area (Å²) in [5, 5.41) is 2.94. The van der Waals surface area contributed by atoms with Gasteiger partial charge in [-0.25, -0.2) is 0 Å². The molecule has 0 saturated heterocycles. The van der Waals surface area contributed by atoms with Crippen LogP contribution in [0.5, 0.6) is 11.5 Å². The molecule has 1 heterocycles. The molecule has 26 heavy (non-hydrogen) atoms. The van der Waals surface area contributed by atoms with Gasteiger partial charge < -0.3 is 19.7 Å². The van der Waals surface area contributed by atoms with Crippen LogP contribution in [0.1, 0.15) is 12.0 Å². The number of nitrogens with one attached hydrogen (secondary N) is 2. The number of anilines is 1. The number of carbonyl (C=O) groups excluding carboxylic acids is 1. The van der Waals surface area contributed by atoms with Gasteiger partial charge in [-0.15, -0.1) is 0 Å². The van der Waals surface area contributed by atoms with Crippen molar-refractivity contribution in [2.45, 2.75) is 6.42 Å². The van der Waals surface area contributed by atoms with Gasteiger partial charge in [0.2, 0.25) is 0 Å². The van der Waals surface area contributed by atoms with E-state index in [0.717, 1.165) is 19.5 Å². The molecule has 0 radical (unpaired) electrons. The summed E-state index contributed by atoms with van der Waals surface area (Å²) in [6.07, 6.45) is 3.24. The molecular formula is C21H25N2O3+. The Morgan fingerprint density at radius 2 is 1.85 bits per heavy atom. The molecule has 0 saturated carbocycles. The van der Waals surface area contributed by atoms with Crippen molar-refractivity contribution >= 4 is 17.2 Å². The summed E-state index contributed by atoms with van der Waals surface area (Å²) in [7, 11) is 3.17. The zero-order chi connectivity index (χ0) is 18.4. The fraction of sp³-hybridized carbons (Fsp3) is 0.286. The molecule has 136 valence electrons. The van der Waals surface area contributed by atoms with E-state index in [-0.39, 0.29) is 5.91 Å². The van der Waals surface area contributed by atoms with E-state index in [1.807, 2.05) is 12.1 Å². The molecule has 3 rings (SSSR count). The van der Waals surface area contributed by atoms with Gasteiger partial charge in [0.15, 0.2) is 18.0 Å². The van der Waals surface area contributed by atoms with E-state index in [2.05, 4.69) is 35.7 Å². The Bertz CT molecular complexity index is 787. The molecule has 0 fully saturated rings. The molecule has 0 aliphatic carbocycles. The Balaban J connectivity index is 1.55. The maximum Gasteiger partial charge on any atom is 0.279 e. The highest BCUT2D eigenvalue weighted by molar-refractivity contribution is 5.91. The average Bonchev–Trinajstić information content (AvgIpc) is 2.69. The van der Waals surface area contributed by atoms with Gasteiger partial charge in [0.25, 0.3) is 5.91 Å². The number of carbonyl (C=O) groups is 1. The number of hydrogen-bond acceptors (Lipinski definition) is 3.